The van der Waals surface area contributed by atoms with Crippen LogP contribution in [0.5, 0.6) is 0 Å². The Morgan fingerprint density at radius 3 is 2.47 bits per heavy atom. The Hall–Kier alpha value is -0.950. The van der Waals surface area contributed by atoms with Crippen LogP contribution in [0.3, 0.4) is 0 Å². The summed E-state index contributed by atoms with van der Waals surface area (Å²) >= 11 is 17.2. The third-order valence-corrected chi connectivity index (χ3v) is 2.56. The highest BCUT2D eigenvalue weighted by molar-refractivity contribution is 6.44. The molecule has 1 rings (SSSR count). The van der Waals surface area contributed by atoms with Crippen molar-refractivity contribution in [1.29, 1.82) is 5.26 Å². The molecule has 0 aliphatic heterocycles. The minimum Gasteiger partial charge on any atom is -0.324 e. The number of halogens is 3. The molecule has 0 bridgehead atoms. The SMILES string of the molecule is N#CCC(=O)Nc1cc(Cl)c(Cl)cc1Cl. The lowest BCUT2D eigenvalue weighted by molar-refractivity contribution is -0.115. The molecule has 6 heteroatoms. The van der Waals surface area contributed by atoms with Crippen molar-refractivity contribution in [1.82, 2.24) is 0 Å². The maximum absolute atomic E-state index is 11.1. The molecule has 0 aliphatic rings. The standard InChI is InChI=1S/C9H5Cl3N2O/c10-5-3-7(12)8(4-6(5)11)14-9(15)1-2-13/h3-4H,1H2,(H,14,15). The molecule has 0 fully saturated rings. The smallest absolute Gasteiger partial charge is 0.238 e. The van der Waals surface area contributed by atoms with Gasteiger partial charge >= 0.3 is 0 Å². The molecule has 3 nitrogen and oxygen atoms in total. The molecule has 0 atom stereocenters. The predicted molar refractivity (Wildman–Crippen MR) is 60.3 cm³/mol. The highest BCUT2D eigenvalue weighted by Gasteiger charge is 2.08. The zero-order chi connectivity index (χ0) is 11.4. The number of hydrogen-bond donors (Lipinski definition) is 1. The second-order valence-corrected chi connectivity index (χ2v) is 3.85. The van der Waals surface area contributed by atoms with E-state index in [-0.39, 0.29) is 16.5 Å². The van der Waals surface area contributed by atoms with Crippen molar-refractivity contribution in [2.45, 2.75) is 6.42 Å². The van der Waals surface area contributed by atoms with E-state index in [1.165, 1.54) is 12.1 Å². The van der Waals surface area contributed by atoms with Crippen LogP contribution in [0.1, 0.15) is 6.42 Å². The van der Waals surface area contributed by atoms with Gasteiger partial charge in [0.1, 0.15) is 6.42 Å². The van der Waals surface area contributed by atoms with E-state index in [2.05, 4.69) is 5.32 Å². The van der Waals surface area contributed by atoms with Crippen LogP contribution in [0, 0.1) is 11.3 Å². The van der Waals surface area contributed by atoms with Crippen LogP contribution in [-0.2, 0) is 4.79 Å². The van der Waals surface area contributed by atoms with Gasteiger partial charge in [-0.05, 0) is 12.1 Å². The molecule has 0 saturated heterocycles. The fourth-order valence-electron chi connectivity index (χ4n) is 0.885. The molecule has 1 N–H and O–H groups in total. The summed E-state index contributed by atoms with van der Waals surface area (Å²) in [7, 11) is 0. The predicted octanol–water partition coefficient (Wildman–Crippen LogP) is 3.50. The Balaban J connectivity index is 2.92. The van der Waals surface area contributed by atoms with E-state index >= 15 is 0 Å². The molecular formula is C9H5Cl3N2O. The van der Waals surface area contributed by atoms with Crippen molar-refractivity contribution in [3.8, 4) is 6.07 Å². The van der Waals surface area contributed by atoms with Crippen molar-refractivity contribution >= 4 is 46.4 Å². The first-order valence-corrected chi connectivity index (χ1v) is 4.99. The van der Waals surface area contributed by atoms with Gasteiger partial charge in [-0.25, -0.2) is 0 Å². The second-order valence-electron chi connectivity index (χ2n) is 2.63. The average Bonchev–Trinajstić information content (AvgIpc) is 2.14. The fourth-order valence-corrected chi connectivity index (χ4v) is 1.48. The van der Waals surface area contributed by atoms with Crippen molar-refractivity contribution in [2.75, 3.05) is 5.32 Å². The molecule has 1 amide bonds. The van der Waals surface area contributed by atoms with E-state index in [4.69, 9.17) is 40.1 Å². The number of hydrogen-bond acceptors (Lipinski definition) is 2. The first-order chi connectivity index (χ1) is 7.04. The van der Waals surface area contributed by atoms with E-state index in [9.17, 15) is 4.79 Å². The van der Waals surface area contributed by atoms with Gasteiger partial charge in [0.2, 0.25) is 5.91 Å². The Labute approximate surface area is 102 Å². The summed E-state index contributed by atoms with van der Waals surface area (Å²) in [5, 5.41) is 11.6. The molecule has 0 spiro atoms. The van der Waals surface area contributed by atoms with Crippen LogP contribution >= 0.6 is 34.8 Å². The normalized spacial score (nSPS) is 9.47. The fraction of sp³-hybridized carbons (Fsp3) is 0.111. The molecule has 1 aromatic carbocycles. The van der Waals surface area contributed by atoms with Gasteiger partial charge in [-0.1, -0.05) is 34.8 Å². The monoisotopic (exact) mass is 262 g/mol. The van der Waals surface area contributed by atoms with Gasteiger partial charge in [0.25, 0.3) is 0 Å². The van der Waals surface area contributed by atoms with E-state index in [0.29, 0.717) is 10.7 Å². The summed E-state index contributed by atoms with van der Waals surface area (Å²) in [5.74, 6) is -0.446. The van der Waals surface area contributed by atoms with Gasteiger partial charge in [0, 0.05) is 0 Å². The Morgan fingerprint density at radius 2 is 1.87 bits per heavy atom. The van der Waals surface area contributed by atoms with Crippen LogP contribution in [0.4, 0.5) is 5.69 Å². The van der Waals surface area contributed by atoms with E-state index in [1.54, 1.807) is 6.07 Å². The van der Waals surface area contributed by atoms with E-state index in [1.807, 2.05) is 0 Å². The van der Waals surface area contributed by atoms with E-state index < -0.39 is 5.91 Å². The summed E-state index contributed by atoms with van der Waals surface area (Å²) in [4.78, 5) is 11.1. The lowest BCUT2D eigenvalue weighted by atomic mass is 10.3. The third-order valence-electron chi connectivity index (χ3n) is 1.52. The summed E-state index contributed by atoms with van der Waals surface area (Å²) in [5.41, 5.74) is 0.339. The van der Waals surface area contributed by atoms with Gasteiger partial charge in [-0.3, -0.25) is 4.79 Å². The zero-order valence-corrected chi connectivity index (χ0v) is 9.62. The van der Waals surface area contributed by atoms with Gasteiger partial charge in [-0.15, -0.1) is 0 Å². The number of rotatable bonds is 2. The summed E-state index contributed by atoms with van der Waals surface area (Å²) < 4.78 is 0. The molecule has 0 aromatic heterocycles. The summed E-state index contributed by atoms with van der Waals surface area (Å²) in [6.07, 6.45) is -0.240. The molecule has 0 saturated carbocycles. The molecule has 0 radical (unpaired) electrons. The number of nitrogens with one attached hydrogen (secondary N) is 1. The number of anilines is 1. The molecule has 0 unspecified atom stereocenters. The quantitative estimate of drug-likeness (QED) is 0.830. The van der Waals surface area contributed by atoms with Crippen LogP contribution in [-0.4, -0.2) is 5.91 Å². The molecule has 1 aromatic rings. The average molecular weight is 264 g/mol. The van der Waals surface area contributed by atoms with Crippen LogP contribution < -0.4 is 5.32 Å². The van der Waals surface area contributed by atoms with Gasteiger partial charge < -0.3 is 5.32 Å². The minimum atomic E-state index is -0.446. The number of amides is 1. The van der Waals surface area contributed by atoms with Gasteiger partial charge in [-0.2, -0.15) is 5.26 Å². The minimum absolute atomic E-state index is 0.240. The highest BCUT2D eigenvalue weighted by Crippen LogP contribution is 2.32. The topological polar surface area (TPSA) is 52.9 Å². The number of nitrogens with zero attached hydrogens (tertiary/aromatic N) is 1. The number of carbonyl (C=O) groups is 1. The number of benzene rings is 1. The second kappa shape index (κ2) is 5.22. The van der Waals surface area contributed by atoms with Gasteiger partial charge in [0.05, 0.1) is 26.8 Å². The molecule has 0 heterocycles. The first-order valence-electron chi connectivity index (χ1n) is 3.86. The summed E-state index contributed by atoms with van der Waals surface area (Å²) in [6, 6.07) is 4.58. The molecule has 0 aliphatic carbocycles. The largest absolute Gasteiger partial charge is 0.324 e. The van der Waals surface area contributed by atoms with Gasteiger partial charge in [0.15, 0.2) is 0 Å². The van der Waals surface area contributed by atoms with E-state index in [0.717, 1.165) is 0 Å². The third kappa shape index (κ3) is 3.28. The Bertz CT molecular complexity index is 440. The first kappa shape index (κ1) is 12.1. The molecule has 15 heavy (non-hydrogen) atoms. The zero-order valence-electron chi connectivity index (χ0n) is 7.35. The lowest BCUT2D eigenvalue weighted by Gasteiger charge is -2.06. The van der Waals surface area contributed by atoms with Crippen LogP contribution in [0.15, 0.2) is 12.1 Å². The Kier molecular flexibility index (Phi) is 4.22. The highest BCUT2D eigenvalue weighted by atomic mass is 35.5. The van der Waals surface area contributed by atoms with Crippen molar-refractivity contribution in [3.63, 3.8) is 0 Å². The molecular weight excluding hydrogens is 258 g/mol. The molecule has 78 valence electrons. The summed E-state index contributed by atoms with van der Waals surface area (Å²) in [6.45, 7) is 0. The van der Waals surface area contributed by atoms with Crippen molar-refractivity contribution in [3.05, 3.63) is 27.2 Å². The lowest BCUT2D eigenvalue weighted by Crippen LogP contribution is -2.10. The Morgan fingerprint density at radius 1 is 1.27 bits per heavy atom. The van der Waals surface area contributed by atoms with Crippen LogP contribution in [0.2, 0.25) is 15.1 Å². The number of carbonyl (C=O) groups excluding carboxylic acids is 1. The van der Waals surface area contributed by atoms with Crippen molar-refractivity contribution in [2.24, 2.45) is 0 Å². The van der Waals surface area contributed by atoms with Crippen molar-refractivity contribution < 1.29 is 4.79 Å². The van der Waals surface area contributed by atoms with Crippen LogP contribution in [0.25, 0.3) is 0 Å². The number of nitriles is 1. The maximum Gasteiger partial charge on any atom is 0.238 e. The maximum atomic E-state index is 11.1.